The van der Waals surface area contributed by atoms with Crippen molar-refractivity contribution in [1.82, 2.24) is 0 Å². The Morgan fingerprint density at radius 2 is 2.12 bits per heavy atom. The van der Waals surface area contributed by atoms with Gasteiger partial charge in [-0.2, -0.15) is 0 Å². The fourth-order valence-electron chi connectivity index (χ4n) is 2.50. The minimum absolute atomic E-state index is 0.0663. The van der Waals surface area contributed by atoms with Gasteiger partial charge in [-0.05, 0) is 35.9 Å². The van der Waals surface area contributed by atoms with Crippen LogP contribution in [0, 0.1) is 15.9 Å². The number of hydrogen-bond acceptors (Lipinski definition) is 6. The molecule has 0 atom stereocenters. The summed E-state index contributed by atoms with van der Waals surface area (Å²) >= 11 is 1.38. The number of rotatable bonds is 3. The van der Waals surface area contributed by atoms with Crippen LogP contribution in [0.4, 0.5) is 10.1 Å². The van der Waals surface area contributed by atoms with E-state index in [0.717, 1.165) is 6.07 Å². The van der Waals surface area contributed by atoms with Gasteiger partial charge < -0.3 is 9.84 Å². The number of hydrogen-bond donors (Lipinski definition) is 1. The Bertz CT molecular complexity index is 925. The lowest BCUT2D eigenvalue weighted by Crippen LogP contribution is -2.12. The first-order valence-electron chi connectivity index (χ1n) is 7.13. The van der Waals surface area contributed by atoms with E-state index < -0.39 is 22.2 Å². The third-order valence-electron chi connectivity index (χ3n) is 3.70. The number of aromatic hydroxyl groups is 1. The average molecular weight is 361 g/mol. The van der Waals surface area contributed by atoms with E-state index in [1.165, 1.54) is 43.1 Å². The highest BCUT2D eigenvalue weighted by molar-refractivity contribution is 7.99. The largest absolute Gasteiger partial charge is 0.500 e. The molecule has 1 aliphatic heterocycles. The average Bonchev–Trinajstić information content (AvgIpc) is 2.58. The summed E-state index contributed by atoms with van der Waals surface area (Å²) in [7, 11) is 1.27. The van der Waals surface area contributed by atoms with E-state index in [1.54, 1.807) is 6.07 Å². The standard InChI is InChI=1S/C17H12FNO5S/c1-24-14-6-9(5-13(17(14)21)19(22)23)4-10-8-25-15-3-2-11(18)7-12(15)16(10)20/h2-7,21H,8H2,1H3/b10-4-. The van der Waals surface area contributed by atoms with Crippen LogP contribution in [0.25, 0.3) is 6.08 Å². The number of thioether (sulfide) groups is 1. The van der Waals surface area contributed by atoms with Crippen molar-refractivity contribution in [2.45, 2.75) is 4.90 Å². The lowest BCUT2D eigenvalue weighted by molar-refractivity contribution is -0.386. The quantitative estimate of drug-likeness (QED) is 0.508. The lowest BCUT2D eigenvalue weighted by atomic mass is 10.0. The second kappa shape index (κ2) is 6.56. The summed E-state index contributed by atoms with van der Waals surface area (Å²) in [5.74, 6) is -1.12. The molecular formula is C17H12FNO5S. The second-order valence-corrected chi connectivity index (χ2v) is 6.29. The van der Waals surface area contributed by atoms with E-state index in [0.29, 0.717) is 21.8 Å². The number of ketones is 1. The van der Waals surface area contributed by atoms with Gasteiger partial charge >= 0.3 is 5.69 Å². The van der Waals surface area contributed by atoms with Crippen molar-refractivity contribution in [3.63, 3.8) is 0 Å². The molecular weight excluding hydrogens is 349 g/mol. The number of phenolic OH excluding ortho intramolecular Hbond substituents is 1. The first-order chi connectivity index (χ1) is 11.9. The molecule has 0 spiro atoms. The summed E-state index contributed by atoms with van der Waals surface area (Å²) in [6.07, 6.45) is 1.48. The van der Waals surface area contributed by atoms with Crippen LogP contribution < -0.4 is 4.74 Å². The molecule has 0 saturated heterocycles. The molecule has 1 heterocycles. The molecule has 1 aliphatic rings. The Morgan fingerprint density at radius 3 is 2.80 bits per heavy atom. The fraction of sp³-hybridized carbons (Fsp3) is 0.118. The van der Waals surface area contributed by atoms with Crippen molar-refractivity contribution in [2.24, 2.45) is 0 Å². The number of nitro benzene ring substituents is 1. The molecule has 0 amide bonds. The Kier molecular flexibility index (Phi) is 4.45. The highest BCUT2D eigenvalue weighted by Gasteiger charge is 2.24. The third kappa shape index (κ3) is 3.20. The first kappa shape index (κ1) is 17.0. The molecule has 1 N–H and O–H groups in total. The summed E-state index contributed by atoms with van der Waals surface area (Å²) in [4.78, 5) is 23.6. The van der Waals surface area contributed by atoms with E-state index in [4.69, 9.17) is 4.74 Å². The zero-order valence-corrected chi connectivity index (χ0v) is 13.8. The van der Waals surface area contributed by atoms with Crippen LogP contribution >= 0.6 is 11.8 Å². The molecule has 0 fully saturated rings. The maximum Gasteiger partial charge on any atom is 0.315 e. The van der Waals surface area contributed by atoms with E-state index in [2.05, 4.69) is 0 Å². The van der Waals surface area contributed by atoms with Gasteiger partial charge in [0.1, 0.15) is 5.82 Å². The van der Waals surface area contributed by atoms with Crippen molar-refractivity contribution in [2.75, 3.05) is 12.9 Å². The van der Waals surface area contributed by atoms with E-state index in [-0.39, 0.29) is 17.1 Å². The van der Waals surface area contributed by atoms with Crippen LogP contribution in [0.15, 0.2) is 40.8 Å². The fourth-order valence-corrected chi connectivity index (χ4v) is 3.50. The van der Waals surface area contributed by atoms with Crippen molar-refractivity contribution in [3.8, 4) is 11.5 Å². The van der Waals surface area contributed by atoms with Crippen LogP contribution in [0.1, 0.15) is 15.9 Å². The summed E-state index contributed by atoms with van der Waals surface area (Å²) in [6.45, 7) is 0. The van der Waals surface area contributed by atoms with Crippen LogP contribution in [-0.4, -0.2) is 28.7 Å². The van der Waals surface area contributed by atoms with Crippen molar-refractivity contribution in [3.05, 3.63) is 63.0 Å². The summed E-state index contributed by atoms with van der Waals surface area (Å²) in [6, 6.07) is 6.58. The highest BCUT2D eigenvalue weighted by atomic mass is 32.2. The molecule has 3 rings (SSSR count). The van der Waals surface area contributed by atoms with Crippen molar-refractivity contribution in [1.29, 1.82) is 0 Å². The molecule has 2 aromatic carbocycles. The van der Waals surface area contributed by atoms with Gasteiger partial charge in [0.05, 0.1) is 12.0 Å². The lowest BCUT2D eigenvalue weighted by Gasteiger charge is -2.17. The van der Waals surface area contributed by atoms with Crippen molar-refractivity contribution >= 4 is 29.3 Å². The molecule has 25 heavy (non-hydrogen) atoms. The first-order valence-corrected chi connectivity index (χ1v) is 8.12. The SMILES string of the molecule is COc1cc(/C=C2/CSc3ccc(F)cc3C2=O)cc([N+](=O)[O-])c1O. The number of Topliss-reactive ketones (excluding diaryl/α,β-unsaturated/α-hetero) is 1. The molecule has 0 aromatic heterocycles. The van der Waals surface area contributed by atoms with Crippen LogP contribution in [0.2, 0.25) is 0 Å². The van der Waals surface area contributed by atoms with Crippen LogP contribution in [0.5, 0.6) is 11.5 Å². The van der Waals surface area contributed by atoms with Gasteiger partial charge in [0, 0.05) is 27.9 Å². The maximum absolute atomic E-state index is 13.4. The van der Waals surface area contributed by atoms with Gasteiger partial charge in [-0.25, -0.2) is 4.39 Å². The maximum atomic E-state index is 13.4. The molecule has 0 aliphatic carbocycles. The number of benzene rings is 2. The van der Waals surface area contributed by atoms with Gasteiger partial charge in [-0.3, -0.25) is 14.9 Å². The number of nitro groups is 1. The molecule has 0 bridgehead atoms. The third-order valence-corrected chi connectivity index (χ3v) is 4.82. The van der Waals surface area contributed by atoms with Gasteiger partial charge in [-0.15, -0.1) is 11.8 Å². The summed E-state index contributed by atoms with van der Waals surface area (Å²) in [5, 5.41) is 20.9. The van der Waals surface area contributed by atoms with E-state index in [9.17, 15) is 24.4 Å². The van der Waals surface area contributed by atoms with Crippen LogP contribution in [-0.2, 0) is 0 Å². The van der Waals surface area contributed by atoms with Gasteiger partial charge in [-0.1, -0.05) is 0 Å². The number of phenols is 1. The molecule has 2 aromatic rings. The summed E-state index contributed by atoms with van der Waals surface area (Å²) in [5.41, 5.74) is 0.464. The predicted molar refractivity (Wildman–Crippen MR) is 90.7 cm³/mol. The second-order valence-electron chi connectivity index (χ2n) is 5.28. The minimum Gasteiger partial charge on any atom is -0.500 e. The molecule has 6 nitrogen and oxygen atoms in total. The minimum atomic E-state index is -0.734. The molecule has 0 unspecified atom stereocenters. The number of methoxy groups -OCH3 is 1. The van der Waals surface area contributed by atoms with Gasteiger partial charge in [0.15, 0.2) is 11.5 Å². The highest BCUT2D eigenvalue weighted by Crippen LogP contribution is 2.39. The smallest absolute Gasteiger partial charge is 0.315 e. The van der Waals surface area contributed by atoms with Gasteiger partial charge in [0.25, 0.3) is 0 Å². The van der Waals surface area contributed by atoms with E-state index >= 15 is 0 Å². The Morgan fingerprint density at radius 1 is 1.36 bits per heavy atom. The van der Waals surface area contributed by atoms with E-state index in [1.807, 2.05) is 0 Å². The van der Waals surface area contributed by atoms with Gasteiger partial charge in [0.2, 0.25) is 5.75 Å². The zero-order chi connectivity index (χ0) is 18.1. The summed E-state index contributed by atoms with van der Waals surface area (Å²) < 4.78 is 18.3. The Labute approximate surface area is 146 Å². The Balaban J connectivity index is 2.05. The number of carbonyl (C=O) groups is 1. The topological polar surface area (TPSA) is 89.7 Å². The normalized spacial score (nSPS) is 15.1. The molecule has 0 saturated carbocycles. The monoisotopic (exact) mass is 361 g/mol. The molecule has 8 heteroatoms. The number of halogens is 1. The number of ether oxygens (including phenoxy) is 1. The zero-order valence-electron chi connectivity index (χ0n) is 13.0. The number of fused-ring (bicyclic) bond motifs is 1. The predicted octanol–water partition coefficient (Wildman–Crippen LogP) is 3.82. The molecule has 0 radical (unpaired) electrons. The number of carbonyl (C=O) groups excluding carboxylic acids is 1. The number of nitrogens with zero attached hydrogens (tertiary/aromatic N) is 1. The molecule has 128 valence electrons. The Hall–Kier alpha value is -2.87. The van der Waals surface area contributed by atoms with Crippen LogP contribution in [0.3, 0.4) is 0 Å². The van der Waals surface area contributed by atoms with Crippen molar-refractivity contribution < 1.29 is 24.0 Å².